The van der Waals surface area contributed by atoms with Gasteiger partial charge in [0, 0.05) is 61.6 Å². The molecule has 0 saturated carbocycles. The normalized spacial score (nSPS) is 17.4. The zero-order valence-electron chi connectivity index (χ0n) is 18.4. The number of fused-ring (bicyclic) bond motifs is 1. The summed E-state index contributed by atoms with van der Waals surface area (Å²) in [7, 11) is 0. The van der Waals surface area contributed by atoms with Crippen LogP contribution in [0.25, 0.3) is 0 Å². The third-order valence-corrected chi connectivity index (χ3v) is 6.11. The van der Waals surface area contributed by atoms with Gasteiger partial charge >= 0.3 is 0 Å². The van der Waals surface area contributed by atoms with Gasteiger partial charge in [0.05, 0.1) is 22.7 Å². The van der Waals surface area contributed by atoms with Gasteiger partial charge in [-0.05, 0) is 38.5 Å². The number of hydrogen-bond donors (Lipinski definition) is 0. The van der Waals surface area contributed by atoms with Crippen LogP contribution in [0, 0.1) is 28.4 Å². The molecule has 0 unspecified atom stereocenters. The summed E-state index contributed by atoms with van der Waals surface area (Å²) >= 11 is 0. The minimum atomic E-state index is -0.485. The molecule has 1 fully saturated rings. The molecule has 1 amide bonds. The average Bonchev–Trinajstić information content (AvgIpc) is 2.78. The van der Waals surface area contributed by atoms with Gasteiger partial charge in [0.1, 0.15) is 11.9 Å². The quantitative estimate of drug-likeness (QED) is 0.538. The Kier molecular flexibility index (Phi) is 5.57. The number of aromatic nitrogens is 1. The lowest BCUT2D eigenvalue weighted by molar-refractivity contribution is -0.384. The summed E-state index contributed by atoms with van der Waals surface area (Å²) in [5.74, 6) is 0.511. The Bertz CT molecular complexity index is 1110. The van der Waals surface area contributed by atoms with E-state index in [0.717, 1.165) is 16.8 Å². The van der Waals surface area contributed by atoms with Crippen molar-refractivity contribution >= 4 is 17.4 Å². The van der Waals surface area contributed by atoms with Gasteiger partial charge in [-0.25, -0.2) is 4.98 Å². The number of hydrogen-bond acceptors (Lipinski definition) is 7. The average molecular weight is 435 g/mol. The van der Waals surface area contributed by atoms with Crippen LogP contribution in [-0.4, -0.2) is 52.5 Å². The first-order valence-electron chi connectivity index (χ1n) is 10.6. The number of nitro benzene ring substituents is 1. The summed E-state index contributed by atoms with van der Waals surface area (Å²) in [5.41, 5.74) is 3.52. The highest BCUT2D eigenvalue weighted by atomic mass is 16.6. The lowest BCUT2D eigenvalue weighted by Crippen LogP contribution is -2.49. The number of aryl methyl sites for hydroxylation is 1. The van der Waals surface area contributed by atoms with Crippen LogP contribution in [0.4, 0.5) is 11.5 Å². The number of rotatable bonds is 3. The predicted octanol–water partition coefficient (Wildman–Crippen LogP) is 2.98. The number of ether oxygens (including phenoxy) is 1. The molecule has 4 rings (SSSR count). The van der Waals surface area contributed by atoms with Crippen molar-refractivity contribution in [3.8, 4) is 6.07 Å². The summed E-state index contributed by atoms with van der Waals surface area (Å²) in [6, 6.07) is 8.02. The molecule has 166 valence electrons. The standard InChI is InChI=1S/C23H25N5O4/c1-15-20-14-32-23(2,3)12-18(20)19(13-24)21(25-15)26-8-10-27(11-9-26)22(29)16-4-6-17(7-5-16)28(30)31/h4-7H,8-12,14H2,1-3H3. The molecule has 0 radical (unpaired) electrons. The van der Waals surface area contributed by atoms with Crippen LogP contribution in [0.1, 0.15) is 46.6 Å². The van der Waals surface area contributed by atoms with E-state index >= 15 is 0 Å². The van der Waals surface area contributed by atoms with E-state index in [9.17, 15) is 20.2 Å². The topological polar surface area (TPSA) is 113 Å². The second-order valence-electron chi connectivity index (χ2n) is 8.77. The van der Waals surface area contributed by atoms with E-state index in [1.54, 1.807) is 4.90 Å². The molecule has 2 aliphatic rings. The van der Waals surface area contributed by atoms with Crippen LogP contribution in [0.15, 0.2) is 24.3 Å². The van der Waals surface area contributed by atoms with E-state index in [1.165, 1.54) is 24.3 Å². The van der Waals surface area contributed by atoms with Crippen LogP contribution in [0.5, 0.6) is 0 Å². The largest absolute Gasteiger partial charge is 0.370 e. The molecule has 2 aromatic rings. The first kappa shape index (κ1) is 21.7. The number of non-ortho nitro benzene ring substituents is 1. The van der Waals surface area contributed by atoms with E-state index in [-0.39, 0.29) is 17.2 Å². The molecule has 3 heterocycles. The molecule has 1 aromatic carbocycles. The number of nitrogens with zero attached hydrogens (tertiary/aromatic N) is 5. The van der Waals surface area contributed by atoms with Crippen molar-refractivity contribution in [2.45, 2.75) is 39.4 Å². The predicted molar refractivity (Wildman–Crippen MR) is 117 cm³/mol. The molecule has 32 heavy (non-hydrogen) atoms. The molecule has 0 aliphatic carbocycles. The monoisotopic (exact) mass is 435 g/mol. The van der Waals surface area contributed by atoms with Crippen molar-refractivity contribution in [3.05, 3.63) is 62.3 Å². The highest BCUT2D eigenvalue weighted by Crippen LogP contribution is 2.35. The second kappa shape index (κ2) is 8.20. The summed E-state index contributed by atoms with van der Waals surface area (Å²) < 4.78 is 5.92. The first-order valence-corrected chi connectivity index (χ1v) is 10.6. The van der Waals surface area contributed by atoms with Gasteiger partial charge in [-0.15, -0.1) is 0 Å². The SMILES string of the molecule is Cc1nc(N2CCN(C(=O)c3ccc([N+](=O)[O-])cc3)CC2)c(C#N)c2c1COC(C)(C)C2. The summed E-state index contributed by atoms with van der Waals surface area (Å²) in [6.07, 6.45) is 0.653. The number of benzene rings is 1. The molecule has 9 heteroatoms. The van der Waals surface area contributed by atoms with Crippen molar-refractivity contribution in [1.82, 2.24) is 9.88 Å². The fourth-order valence-corrected chi connectivity index (χ4v) is 4.29. The second-order valence-corrected chi connectivity index (χ2v) is 8.77. The molecule has 9 nitrogen and oxygen atoms in total. The van der Waals surface area contributed by atoms with Crippen LogP contribution < -0.4 is 4.90 Å². The molecule has 0 atom stereocenters. The van der Waals surface area contributed by atoms with Crippen molar-refractivity contribution in [3.63, 3.8) is 0 Å². The minimum absolute atomic E-state index is 0.0437. The highest BCUT2D eigenvalue weighted by molar-refractivity contribution is 5.94. The number of anilines is 1. The number of amides is 1. The van der Waals surface area contributed by atoms with E-state index < -0.39 is 4.92 Å². The van der Waals surface area contributed by atoms with Gasteiger partial charge in [0.15, 0.2) is 0 Å². The van der Waals surface area contributed by atoms with Crippen LogP contribution in [0.2, 0.25) is 0 Å². The maximum absolute atomic E-state index is 12.8. The Morgan fingerprint density at radius 1 is 1.19 bits per heavy atom. The number of nitro groups is 1. The molecule has 1 aromatic heterocycles. The third-order valence-electron chi connectivity index (χ3n) is 6.11. The smallest absolute Gasteiger partial charge is 0.269 e. The number of carbonyl (C=O) groups excluding carboxylic acids is 1. The van der Waals surface area contributed by atoms with Crippen molar-refractivity contribution in [2.75, 3.05) is 31.1 Å². The lowest BCUT2D eigenvalue weighted by atomic mass is 9.88. The Hall–Kier alpha value is -3.51. The number of piperazine rings is 1. The molecule has 0 bridgehead atoms. The maximum atomic E-state index is 12.8. The number of carbonyl (C=O) groups is 1. The van der Waals surface area contributed by atoms with Gasteiger partial charge in [-0.3, -0.25) is 14.9 Å². The van der Waals surface area contributed by atoms with E-state index in [2.05, 4.69) is 11.0 Å². The molecular weight excluding hydrogens is 410 g/mol. The zero-order chi connectivity index (χ0) is 23.0. The van der Waals surface area contributed by atoms with Crippen molar-refractivity contribution in [1.29, 1.82) is 5.26 Å². The van der Waals surface area contributed by atoms with Gasteiger partial charge in [-0.1, -0.05) is 0 Å². The first-order chi connectivity index (χ1) is 15.2. The molecular formula is C23H25N5O4. The third kappa shape index (κ3) is 4.01. The lowest BCUT2D eigenvalue weighted by Gasteiger charge is -2.38. The van der Waals surface area contributed by atoms with Crippen LogP contribution >= 0.6 is 0 Å². The van der Waals surface area contributed by atoms with Crippen molar-refractivity contribution in [2.24, 2.45) is 0 Å². The maximum Gasteiger partial charge on any atom is 0.269 e. The highest BCUT2D eigenvalue weighted by Gasteiger charge is 2.33. The Morgan fingerprint density at radius 3 is 2.44 bits per heavy atom. The van der Waals surface area contributed by atoms with E-state index in [0.29, 0.717) is 56.2 Å². The van der Waals surface area contributed by atoms with Gasteiger partial charge in [-0.2, -0.15) is 5.26 Å². The van der Waals surface area contributed by atoms with Gasteiger partial charge in [0.25, 0.3) is 11.6 Å². The Balaban J connectivity index is 1.52. The number of pyridine rings is 1. The Morgan fingerprint density at radius 2 is 1.84 bits per heavy atom. The van der Waals surface area contributed by atoms with Crippen molar-refractivity contribution < 1.29 is 14.5 Å². The summed E-state index contributed by atoms with van der Waals surface area (Å²) in [5, 5.41) is 20.8. The van der Waals surface area contributed by atoms with Gasteiger partial charge < -0.3 is 14.5 Å². The molecule has 1 saturated heterocycles. The van der Waals surface area contributed by atoms with Crippen LogP contribution in [-0.2, 0) is 17.8 Å². The molecule has 0 spiro atoms. The van der Waals surface area contributed by atoms with E-state index in [4.69, 9.17) is 9.72 Å². The minimum Gasteiger partial charge on any atom is -0.370 e. The summed E-state index contributed by atoms with van der Waals surface area (Å²) in [4.78, 5) is 31.7. The Labute approximate surface area is 186 Å². The number of nitriles is 1. The fraction of sp³-hybridized carbons (Fsp3) is 0.435. The summed E-state index contributed by atoms with van der Waals surface area (Å²) in [6.45, 7) is 8.51. The molecule has 2 aliphatic heterocycles. The molecule has 0 N–H and O–H groups in total. The fourth-order valence-electron chi connectivity index (χ4n) is 4.29. The van der Waals surface area contributed by atoms with E-state index in [1.807, 2.05) is 20.8 Å². The zero-order valence-corrected chi connectivity index (χ0v) is 18.4. The van der Waals surface area contributed by atoms with Crippen LogP contribution in [0.3, 0.4) is 0 Å². The van der Waals surface area contributed by atoms with Gasteiger partial charge in [0.2, 0.25) is 0 Å².